The van der Waals surface area contributed by atoms with E-state index in [2.05, 4.69) is 10.1 Å². The molecule has 4 heteroatoms. The van der Waals surface area contributed by atoms with E-state index in [1.807, 2.05) is 24.3 Å². The summed E-state index contributed by atoms with van der Waals surface area (Å²) < 4.78 is 10.5. The van der Waals surface area contributed by atoms with Gasteiger partial charge in [0.05, 0.1) is 19.2 Å². The fraction of sp³-hybridized carbons (Fsp3) is 0.312. The Labute approximate surface area is 117 Å². The molecule has 0 unspecified atom stereocenters. The predicted molar refractivity (Wildman–Crippen MR) is 75.3 cm³/mol. The van der Waals surface area contributed by atoms with Gasteiger partial charge in [0.1, 0.15) is 11.5 Å². The number of ether oxygens (including phenoxy) is 1. The molecule has 104 valence electrons. The summed E-state index contributed by atoms with van der Waals surface area (Å²) in [5.41, 5.74) is 1.49. The van der Waals surface area contributed by atoms with Crippen LogP contribution >= 0.6 is 0 Å². The van der Waals surface area contributed by atoms with Crippen LogP contribution < -0.4 is 5.32 Å². The van der Waals surface area contributed by atoms with Gasteiger partial charge in [0.25, 0.3) is 0 Å². The molecular weight excluding hydrogens is 254 g/mol. The maximum absolute atomic E-state index is 11.4. The van der Waals surface area contributed by atoms with E-state index in [0.29, 0.717) is 11.6 Å². The first-order chi connectivity index (χ1) is 9.76. The molecular formula is C16H17NO3. The van der Waals surface area contributed by atoms with Gasteiger partial charge in [-0.3, -0.25) is 0 Å². The number of benzene rings is 1. The molecule has 0 spiro atoms. The third kappa shape index (κ3) is 2.91. The molecule has 1 heterocycles. The molecule has 3 rings (SSSR count). The summed E-state index contributed by atoms with van der Waals surface area (Å²) in [4.78, 5) is 11.4. The minimum absolute atomic E-state index is 0.328. The van der Waals surface area contributed by atoms with Crippen LogP contribution in [0.5, 0.6) is 0 Å². The second-order valence-corrected chi connectivity index (χ2v) is 4.99. The van der Waals surface area contributed by atoms with Crippen LogP contribution in [0, 0.1) is 0 Å². The van der Waals surface area contributed by atoms with Crippen LogP contribution in [0.4, 0.5) is 0 Å². The molecule has 20 heavy (non-hydrogen) atoms. The highest BCUT2D eigenvalue weighted by Crippen LogP contribution is 2.24. The molecule has 1 N–H and O–H groups in total. The van der Waals surface area contributed by atoms with Crippen molar-refractivity contribution in [2.75, 3.05) is 7.11 Å². The van der Waals surface area contributed by atoms with Gasteiger partial charge in [0, 0.05) is 11.6 Å². The van der Waals surface area contributed by atoms with Crippen molar-refractivity contribution in [1.29, 1.82) is 0 Å². The van der Waals surface area contributed by atoms with Crippen molar-refractivity contribution < 1.29 is 13.9 Å². The van der Waals surface area contributed by atoms with Crippen LogP contribution in [-0.4, -0.2) is 19.1 Å². The van der Waals surface area contributed by atoms with Crippen LogP contribution in [0.2, 0.25) is 0 Å². The van der Waals surface area contributed by atoms with Gasteiger partial charge in [-0.2, -0.15) is 0 Å². The lowest BCUT2D eigenvalue weighted by atomic mass is 10.1. The number of hydrogen-bond acceptors (Lipinski definition) is 4. The Morgan fingerprint density at radius 3 is 2.65 bits per heavy atom. The first kappa shape index (κ1) is 12.9. The van der Waals surface area contributed by atoms with Crippen molar-refractivity contribution in [1.82, 2.24) is 5.32 Å². The van der Waals surface area contributed by atoms with Gasteiger partial charge < -0.3 is 14.5 Å². The highest BCUT2D eigenvalue weighted by atomic mass is 16.5. The second-order valence-electron chi connectivity index (χ2n) is 4.99. The van der Waals surface area contributed by atoms with Gasteiger partial charge >= 0.3 is 5.97 Å². The Hall–Kier alpha value is -2.07. The standard InChI is InChI=1S/C16H17NO3/c1-19-16(18)12-4-2-11(3-5-12)15-9-8-14(20-15)10-17-13-6-7-13/h2-5,8-9,13,17H,6-7,10H2,1H3. The van der Waals surface area contributed by atoms with Crippen LogP contribution in [0.1, 0.15) is 29.0 Å². The molecule has 1 saturated carbocycles. The quantitative estimate of drug-likeness (QED) is 0.849. The molecule has 1 aromatic carbocycles. The fourth-order valence-corrected chi connectivity index (χ4v) is 2.05. The number of furan rings is 1. The third-order valence-corrected chi connectivity index (χ3v) is 3.39. The summed E-state index contributed by atoms with van der Waals surface area (Å²) >= 11 is 0. The van der Waals surface area contributed by atoms with Crippen LogP contribution in [0.15, 0.2) is 40.8 Å². The number of methoxy groups -OCH3 is 1. The van der Waals surface area contributed by atoms with Gasteiger partial charge in [0.2, 0.25) is 0 Å². The third-order valence-electron chi connectivity index (χ3n) is 3.39. The summed E-state index contributed by atoms with van der Waals surface area (Å²) in [5.74, 6) is 1.42. The van der Waals surface area contributed by atoms with Crippen molar-refractivity contribution in [2.45, 2.75) is 25.4 Å². The highest BCUT2D eigenvalue weighted by molar-refractivity contribution is 5.89. The van der Waals surface area contributed by atoms with E-state index in [0.717, 1.165) is 23.6 Å². The van der Waals surface area contributed by atoms with Crippen LogP contribution in [0.25, 0.3) is 11.3 Å². The van der Waals surface area contributed by atoms with Crippen molar-refractivity contribution in [2.24, 2.45) is 0 Å². The molecule has 0 saturated heterocycles. The molecule has 0 radical (unpaired) electrons. The molecule has 1 aliphatic rings. The van der Waals surface area contributed by atoms with Crippen molar-refractivity contribution in [3.8, 4) is 11.3 Å². The largest absolute Gasteiger partial charge is 0.465 e. The maximum Gasteiger partial charge on any atom is 0.337 e. The van der Waals surface area contributed by atoms with Crippen molar-refractivity contribution >= 4 is 5.97 Å². The maximum atomic E-state index is 11.4. The van der Waals surface area contributed by atoms with Gasteiger partial charge in [-0.1, -0.05) is 12.1 Å². The number of hydrogen-bond donors (Lipinski definition) is 1. The van der Waals surface area contributed by atoms with Gasteiger partial charge in [0.15, 0.2) is 0 Å². The zero-order valence-electron chi connectivity index (χ0n) is 11.4. The topological polar surface area (TPSA) is 51.5 Å². The van der Waals surface area contributed by atoms with E-state index in [9.17, 15) is 4.79 Å². The first-order valence-electron chi connectivity index (χ1n) is 6.77. The molecule has 1 fully saturated rings. The summed E-state index contributed by atoms with van der Waals surface area (Å²) in [6.45, 7) is 0.769. The van der Waals surface area contributed by atoms with Gasteiger partial charge in [-0.05, 0) is 37.1 Å². The number of carbonyl (C=O) groups is 1. The Morgan fingerprint density at radius 1 is 1.25 bits per heavy atom. The van der Waals surface area contributed by atoms with Gasteiger partial charge in [-0.25, -0.2) is 4.79 Å². The molecule has 0 amide bonds. The van der Waals surface area contributed by atoms with Gasteiger partial charge in [-0.15, -0.1) is 0 Å². The summed E-state index contributed by atoms with van der Waals surface area (Å²) in [6, 6.07) is 11.8. The smallest absolute Gasteiger partial charge is 0.337 e. The van der Waals surface area contributed by atoms with E-state index >= 15 is 0 Å². The summed E-state index contributed by atoms with van der Waals surface area (Å²) in [7, 11) is 1.38. The lowest BCUT2D eigenvalue weighted by Gasteiger charge is -2.01. The normalized spacial score (nSPS) is 14.2. The van der Waals surface area contributed by atoms with Crippen molar-refractivity contribution in [3.05, 3.63) is 47.7 Å². The monoisotopic (exact) mass is 271 g/mol. The first-order valence-corrected chi connectivity index (χ1v) is 6.77. The predicted octanol–water partition coefficient (Wildman–Crippen LogP) is 2.99. The molecule has 0 aliphatic heterocycles. The Bertz CT molecular complexity index is 596. The van der Waals surface area contributed by atoms with E-state index in [4.69, 9.17) is 4.42 Å². The zero-order valence-corrected chi connectivity index (χ0v) is 11.4. The summed E-state index contributed by atoms with van der Waals surface area (Å²) in [5, 5.41) is 3.41. The minimum atomic E-state index is -0.328. The van der Waals surface area contributed by atoms with Crippen LogP contribution in [0.3, 0.4) is 0 Å². The second kappa shape index (κ2) is 5.51. The Morgan fingerprint density at radius 2 is 2.00 bits per heavy atom. The lowest BCUT2D eigenvalue weighted by Crippen LogP contribution is -2.14. The van der Waals surface area contributed by atoms with E-state index in [1.165, 1.54) is 20.0 Å². The number of esters is 1. The minimum Gasteiger partial charge on any atom is -0.465 e. The highest BCUT2D eigenvalue weighted by Gasteiger charge is 2.20. The molecule has 0 atom stereocenters. The molecule has 1 aliphatic carbocycles. The zero-order chi connectivity index (χ0) is 13.9. The van der Waals surface area contributed by atoms with E-state index in [1.54, 1.807) is 12.1 Å². The van der Waals surface area contributed by atoms with E-state index in [-0.39, 0.29) is 5.97 Å². The Balaban J connectivity index is 1.69. The molecule has 1 aromatic heterocycles. The fourth-order valence-electron chi connectivity index (χ4n) is 2.05. The number of carbonyl (C=O) groups excluding carboxylic acids is 1. The molecule has 4 nitrogen and oxygen atoms in total. The summed E-state index contributed by atoms with van der Waals surface area (Å²) in [6.07, 6.45) is 2.53. The number of nitrogens with one attached hydrogen (secondary N) is 1. The SMILES string of the molecule is COC(=O)c1ccc(-c2ccc(CNC3CC3)o2)cc1. The average molecular weight is 271 g/mol. The van der Waals surface area contributed by atoms with Crippen molar-refractivity contribution in [3.63, 3.8) is 0 Å². The number of rotatable bonds is 5. The molecule has 2 aromatic rings. The van der Waals surface area contributed by atoms with Crippen LogP contribution in [-0.2, 0) is 11.3 Å². The van der Waals surface area contributed by atoms with E-state index < -0.39 is 0 Å². The average Bonchev–Trinajstić information content (AvgIpc) is 3.21. The lowest BCUT2D eigenvalue weighted by molar-refractivity contribution is 0.0601. The molecule has 0 bridgehead atoms. The Kier molecular flexibility index (Phi) is 3.56.